The molecule has 31 heavy (non-hydrogen) atoms. The quantitative estimate of drug-likeness (QED) is 0.702. The number of ether oxygens (including phenoxy) is 1. The minimum Gasteiger partial charge on any atom is -0.365 e. The van der Waals surface area contributed by atoms with Crippen LogP contribution in [0, 0.1) is 29.6 Å². The number of nitrogens with zero attached hydrogens (tertiary/aromatic N) is 1. The van der Waals surface area contributed by atoms with E-state index in [-0.39, 0.29) is 17.9 Å². The maximum absolute atomic E-state index is 13.6. The largest absolute Gasteiger partial charge is 0.365 e. The van der Waals surface area contributed by atoms with E-state index in [0.29, 0.717) is 54.2 Å². The van der Waals surface area contributed by atoms with Gasteiger partial charge in [-0.25, -0.2) is 0 Å². The summed E-state index contributed by atoms with van der Waals surface area (Å²) in [5, 5.41) is 6.86. The molecule has 5 fully saturated rings. The molecule has 9 atom stereocenters. The van der Waals surface area contributed by atoms with E-state index < -0.39 is 6.10 Å². The molecule has 2 saturated carbocycles. The molecule has 6 heteroatoms. The monoisotopic (exact) mass is 431 g/mol. The Morgan fingerprint density at radius 1 is 1.10 bits per heavy atom. The number of hydrogen-bond acceptors (Lipinski definition) is 4. The molecule has 0 bridgehead atoms. The molecular weight excluding hydrogens is 390 g/mol. The SMILES string of the molecule is CC(C)CNC(=O)[C@H](C)OC1CCC2C(C1)C1CCNC3C4CCCCC4C(=O)N2C13. The van der Waals surface area contributed by atoms with E-state index in [1.165, 1.54) is 25.7 Å². The van der Waals surface area contributed by atoms with E-state index in [0.717, 1.165) is 32.2 Å². The van der Waals surface area contributed by atoms with Crippen LogP contribution in [-0.4, -0.2) is 60.1 Å². The van der Waals surface area contributed by atoms with Crippen molar-refractivity contribution in [2.24, 2.45) is 29.6 Å². The summed E-state index contributed by atoms with van der Waals surface area (Å²) in [7, 11) is 0. The summed E-state index contributed by atoms with van der Waals surface area (Å²) in [5.41, 5.74) is 0. The topological polar surface area (TPSA) is 70.7 Å². The number of fused-ring (bicyclic) bond motifs is 5. The predicted octanol–water partition coefficient (Wildman–Crippen LogP) is 2.71. The fourth-order valence-electron chi connectivity index (χ4n) is 7.72. The summed E-state index contributed by atoms with van der Waals surface area (Å²) >= 11 is 0. The summed E-state index contributed by atoms with van der Waals surface area (Å²) in [4.78, 5) is 28.4. The second-order valence-corrected chi connectivity index (χ2v) is 11.3. The molecule has 2 amide bonds. The highest BCUT2D eigenvalue weighted by atomic mass is 16.5. The van der Waals surface area contributed by atoms with Gasteiger partial charge >= 0.3 is 0 Å². The lowest BCUT2D eigenvalue weighted by Crippen LogP contribution is -2.66. The van der Waals surface area contributed by atoms with Crippen LogP contribution >= 0.6 is 0 Å². The zero-order valence-electron chi connectivity index (χ0n) is 19.5. The molecule has 0 aromatic carbocycles. The van der Waals surface area contributed by atoms with Crippen LogP contribution < -0.4 is 10.6 Å². The van der Waals surface area contributed by atoms with Gasteiger partial charge in [0.25, 0.3) is 0 Å². The van der Waals surface area contributed by atoms with E-state index in [1.54, 1.807) is 0 Å². The number of rotatable bonds is 5. The summed E-state index contributed by atoms with van der Waals surface area (Å²) < 4.78 is 6.27. The van der Waals surface area contributed by atoms with E-state index in [9.17, 15) is 9.59 Å². The Labute approximate surface area is 187 Å². The van der Waals surface area contributed by atoms with E-state index >= 15 is 0 Å². The molecule has 3 heterocycles. The Balaban J connectivity index is 1.28. The van der Waals surface area contributed by atoms with Gasteiger partial charge in [0.15, 0.2) is 0 Å². The number of hydrogen-bond donors (Lipinski definition) is 2. The number of carbonyl (C=O) groups excluding carboxylic acids is 2. The molecule has 6 nitrogen and oxygen atoms in total. The third kappa shape index (κ3) is 3.82. The van der Waals surface area contributed by atoms with Crippen molar-refractivity contribution in [2.45, 2.75) is 102 Å². The van der Waals surface area contributed by atoms with Gasteiger partial charge in [0.05, 0.1) is 12.1 Å². The van der Waals surface area contributed by atoms with E-state index in [1.807, 2.05) is 6.92 Å². The lowest BCUT2D eigenvalue weighted by Gasteiger charge is -2.52. The van der Waals surface area contributed by atoms with E-state index in [2.05, 4.69) is 29.4 Å². The first-order chi connectivity index (χ1) is 15.0. The Hall–Kier alpha value is -1.14. The van der Waals surface area contributed by atoms with E-state index in [4.69, 9.17) is 4.74 Å². The van der Waals surface area contributed by atoms with Gasteiger partial charge in [-0.3, -0.25) is 9.59 Å². The minimum atomic E-state index is -0.408. The summed E-state index contributed by atoms with van der Waals surface area (Å²) in [6.45, 7) is 7.87. The van der Waals surface area contributed by atoms with Gasteiger partial charge in [-0.1, -0.05) is 26.7 Å². The first-order valence-corrected chi connectivity index (χ1v) is 12.9. The molecular formula is C25H41N3O3. The van der Waals surface area contributed by atoms with Crippen molar-refractivity contribution in [3.63, 3.8) is 0 Å². The van der Waals surface area contributed by atoms with Crippen molar-refractivity contribution >= 4 is 11.8 Å². The van der Waals surface area contributed by atoms with Crippen molar-refractivity contribution in [2.75, 3.05) is 13.1 Å². The fraction of sp³-hybridized carbons (Fsp3) is 0.920. The van der Waals surface area contributed by atoms with Gasteiger partial charge < -0.3 is 20.3 Å². The van der Waals surface area contributed by atoms with Crippen molar-refractivity contribution in [1.82, 2.24) is 15.5 Å². The molecule has 0 aromatic heterocycles. The Morgan fingerprint density at radius 2 is 1.90 bits per heavy atom. The molecule has 0 spiro atoms. The van der Waals surface area contributed by atoms with Gasteiger partial charge in [0.1, 0.15) is 6.10 Å². The molecule has 8 unspecified atom stereocenters. The zero-order valence-corrected chi connectivity index (χ0v) is 19.5. The molecule has 3 aliphatic heterocycles. The lowest BCUT2D eigenvalue weighted by molar-refractivity contribution is -0.152. The van der Waals surface area contributed by atoms with Crippen molar-refractivity contribution in [3.05, 3.63) is 0 Å². The van der Waals surface area contributed by atoms with Crippen LogP contribution in [0.1, 0.15) is 72.1 Å². The molecule has 0 aromatic rings. The third-order valence-electron chi connectivity index (χ3n) is 9.01. The van der Waals surface area contributed by atoms with Crippen LogP contribution in [0.5, 0.6) is 0 Å². The first kappa shape index (κ1) is 21.7. The smallest absolute Gasteiger partial charge is 0.248 e. The maximum Gasteiger partial charge on any atom is 0.248 e. The average Bonchev–Trinajstić information content (AvgIpc) is 3.10. The highest BCUT2D eigenvalue weighted by molar-refractivity contribution is 5.82. The molecule has 0 radical (unpaired) electrons. The predicted molar refractivity (Wildman–Crippen MR) is 119 cm³/mol. The molecule has 174 valence electrons. The van der Waals surface area contributed by atoms with Crippen LogP contribution in [0.25, 0.3) is 0 Å². The Morgan fingerprint density at radius 3 is 2.71 bits per heavy atom. The van der Waals surface area contributed by atoms with Crippen LogP contribution in [0.2, 0.25) is 0 Å². The average molecular weight is 432 g/mol. The fourth-order valence-corrected chi connectivity index (χ4v) is 7.72. The lowest BCUT2D eigenvalue weighted by atomic mass is 9.66. The number of piperidine rings is 2. The normalized spacial score (nSPS) is 42.6. The number of carbonyl (C=O) groups is 2. The Kier molecular flexibility index (Phi) is 6.06. The van der Waals surface area contributed by atoms with Crippen LogP contribution in [0.15, 0.2) is 0 Å². The molecule has 2 N–H and O–H groups in total. The van der Waals surface area contributed by atoms with Gasteiger partial charge in [0.2, 0.25) is 11.8 Å². The number of nitrogens with one attached hydrogen (secondary N) is 2. The maximum atomic E-state index is 13.6. The summed E-state index contributed by atoms with van der Waals surface area (Å²) in [5.74, 6) is 2.83. The standard InChI is InChI=1S/C25H41N3O3/c1-14(2)13-27-24(29)15(3)31-16-8-9-21-20(12-16)18-10-11-26-22-17-6-4-5-7-19(17)25(30)28(21)23(18)22/h14-23,26H,4-13H2,1-3H3,(H,27,29)/t15-,16?,17?,18?,19?,20?,21?,22?,23?/m0/s1. The number of amides is 2. The van der Waals surface area contributed by atoms with Crippen molar-refractivity contribution in [3.8, 4) is 0 Å². The van der Waals surface area contributed by atoms with Crippen molar-refractivity contribution in [1.29, 1.82) is 0 Å². The summed E-state index contributed by atoms with van der Waals surface area (Å²) in [6, 6.07) is 1.27. The van der Waals surface area contributed by atoms with Crippen LogP contribution in [0.4, 0.5) is 0 Å². The molecule has 2 aliphatic carbocycles. The Bertz CT molecular complexity index is 697. The second kappa shape index (κ2) is 8.66. The minimum absolute atomic E-state index is 0.000785. The first-order valence-electron chi connectivity index (χ1n) is 12.9. The molecule has 3 saturated heterocycles. The van der Waals surface area contributed by atoms with Crippen LogP contribution in [-0.2, 0) is 14.3 Å². The molecule has 5 rings (SSSR count). The van der Waals surface area contributed by atoms with Gasteiger partial charge in [-0.15, -0.1) is 0 Å². The zero-order chi connectivity index (χ0) is 21.7. The highest BCUT2D eigenvalue weighted by Gasteiger charge is 2.61. The van der Waals surface area contributed by atoms with Gasteiger partial charge in [-0.05, 0) is 75.7 Å². The highest BCUT2D eigenvalue weighted by Crippen LogP contribution is 2.54. The van der Waals surface area contributed by atoms with Crippen LogP contribution in [0.3, 0.4) is 0 Å². The second-order valence-electron chi connectivity index (χ2n) is 11.3. The van der Waals surface area contributed by atoms with Gasteiger partial charge in [0, 0.05) is 24.5 Å². The molecule has 5 aliphatic rings. The van der Waals surface area contributed by atoms with Gasteiger partial charge in [-0.2, -0.15) is 0 Å². The summed E-state index contributed by atoms with van der Waals surface area (Å²) in [6.07, 6.45) is 8.67. The third-order valence-corrected chi connectivity index (χ3v) is 9.01. The van der Waals surface area contributed by atoms with Crippen molar-refractivity contribution < 1.29 is 14.3 Å².